The summed E-state index contributed by atoms with van der Waals surface area (Å²) in [6.45, 7) is 6.03. The molecule has 2 N–H and O–H groups in total. The average Bonchev–Trinajstić information content (AvgIpc) is 3.19. The first kappa shape index (κ1) is 19.9. The summed E-state index contributed by atoms with van der Waals surface area (Å²) in [6.07, 6.45) is 3.57. The molecule has 8 nitrogen and oxygen atoms in total. The van der Waals surface area contributed by atoms with Crippen LogP contribution in [0.2, 0.25) is 0 Å². The van der Waals surface area contributed by atoms with E-state index in [0.29, 0.717) is 37.5 Å². The Hall–Kier alpha value is -2.87. The van der Waals surface area contributed by atoms with E-state index in [0.717, 1.165) is 5.56 Å². The lowest BCUT2D eigenvalue weighted by molar-refractivity contribution is -0.126. The third-order valence-corrected chi connectivity index (χ3v) is 5.12. The summed E-state index contributed by atoms with van der Waals surface area (Å²) in [7, 11) is 1.60. The van der Waals surface area contributed by atoms with E-state index in [4.69, 9.17) is 10.5 Å². The fourth-order valence-corrected chi connectivity index (χ4v) is 3.64. The lowest BCUT2D eigenvalue weighted by Crippen LogP contribution is -2.61. The van der Waals surface area contributed by atoms with E-state index in [1.165, 1.54) is 0 Å². The van der Waals surface area contributed by atoms with Gasteiger partial charge in [-0.3, -0.25) is 19.2 Å². The number of methoxy groups -OCH3 is 1. The first-order valence-electron chi connectivity index (χ1n) is 9.39. The zero-order valence-corrected chi connectivity index (χ0v) is 16.5. The molecule has 1 saturated heterocycles. The van der Waals surface area contributed by atoms with Gasteiger partial charge in [-0.25, -0.2) is 0 Å². The molecule has 0 saturated carbocycles. The summed E-state index contributed by atoms with van der Waals surface area (Å²) in [6, 6.07) is 6.94. The van der Waals surface area contributed by atoms with Gasteiger partial charge in [-0.05, 0) is 38.1 Å². The summed E-state index contributed by atoms with van der Waals surface area (Å²) >= 11 is 0. The minimum atomic E-state index is -0.473. The Kier molecular flexibility index (Phi) is 5.99. The van der Waals surface area contributed by atoms with E-state index < -0.39 is 11.9 Å². The van der Waals surface area contributed by atoms with E-state index in [1.54, 1.807) is 35.0 Å². The van der Waals surface area contributed by atoms with Gasteiger partial charge in [0.2, 0.25) is 5.91 Å². The number of amides is 2. The van der Waals surface area contributed by atoms with Gasteiger partial charge in [-0.1, -0.05) is 0 Å². The Morgan fingerprint density at radius 3 is 2.71 bits per heavy atom. The number of benzene rings is 1. The lowest BCUT2D eigenvalue weighted by Gasteiger charge is -2.42. The predicted molar refractivity (Wildman–Crippen MR) is 105 cm³/mol. The second kappa shape index (κ2) is 8.43. The Bertz CT molecular complexity index is 834. The number of ether oxygens (including phenoxy) is 1. The molecule has 1 aromatic heterocycles. The van der Waals surface area contributed by atoms with Crippen molar-refractivity contribution in [3.63, 3.8) is 0 Å². The molecule has 1 aromatic carbocycles. The van der Waals surface area contributed by atoms with Crippen molar-refractivity contribution in [2.75, 3.05) is 26.7 Å². The van der Waals surface area contributed by atoms with Crippen molar-refractivity contribution in [3.8, 4) is 5.75 Å². The molecule has 1 aliphatic rings. The molecule has 0 bridgehead atoms. The Morgan fingerprint density at radius 2 is 2.11 bits per heavy atom. The van der Waals surface area contributed by atoms with Crippen molar-refractivity contribution in [1.82, 2.24) is 19.6 Å². The Morgan fingerprint density at radius 1 is 1.32 bits per heavy atom. The number of nitrogens with zero attached hydrogens (tertiary/aromatic N) is 4. The third-order valence-electron chi connectivity index (χ3n) is 5.12. The summed E-state index contributed by atoms with van der Waals surface area (Å²) < 4.78 is 7.20. The summed E-state index contributed by atoms with van der Waals surface area (Å²) in [5.74, 6) is 0.186. The van der Waals surface area contributed by atoms with Gasteiger partial charge < -0.3 is 15.4 Å². The molecular weight excluding hydrogens is 358 g/mol. The molecule has 3 rings (SSSR count). The van der Waals surface area contributed by atoms with Crippen molar-refractivity contribution < 1.29 is 14.3 Å². The maximum atomic E-state index is 13.1. The summed E-state index contributed by atoms with van der Waals surface area (Å²) in [5, 5.41) is 4.21. The molecule has 0 unspecified atom stereocenters. The van der Waals surface area contributed by atoms with Crippen LogP contribution in [0, 0.1) is 0 Å². The molecule has 8 heteroatoms. The van der Waals surface area contributed by atoms with Crippen LogP contribution in [0.25, 0.3) is 0 Å². The van der Waals surface area contributed by atoms with E-state index in [-0.39, 0.29) is 11.9 Å². The van der Waals surface area contributed by atoms with E-state index in [1.807, 2.05) is 37.1 Å². The maximum Gasteiger partial charge on any atom is 0.253 e. The highest BCUT2D eigenvalue weighted by atomic mass is 16.5. The van der Waals surface area contributed by atoms with Gasteiger partial charge in [0.15, 0.2) is 0 Å². The van der Waals surface area contributed by atoms with Gasteiger partial charge in [0, 0.05) is 49.2 Å². The minimum absolute atomic E-state index is 0.112. The maximum absolute atomic E-state index is 13.1. The molecule has 0 spiro atoms. The predicted octanol–water partition coefficient (Wildman–Crippen LogP) is 0.960. The Balaban J connectivity index is 1.81. The molecule has 150 valence electrons. The molecule has 2 aromatic rings. The number of rotatable bonds is 6. The van der Waals surface area contributed by atoms with Crippen LogP contribution in [0.4, 0.5) is 0 Å². The number of aromatic nitrogens is 2. The van der Waals surface area contributed by atoms with E-state index >= 15 is 0 Å². The first-order valence-corrected chi connectivity index (χ1v) is 9.39. The van der Waals surface area contributed by atoms with Crippen LogP contribution in [0.15, 0.2) is 36.7 Å². The molecule has 1 fully saturated rings. The van der Waals surface area contributed by atoms with Crippen LogP contribution >= 0.6 is 0 Å². The quantitative estimate of drug-likeness (QED) is 0.799. The monoisotopic (exact) mass is 385 g/mol. The standard InChI is InChI=1S/C20H27N5O3/c1-14(2)25-10-9-23(13-17(25)19(21)26)20(27)15-5-6-18(28-3)16(11-15)12-24-8-4-7-22-24/h4-8,11,14,17H,9-10,12-13H2,1-3H3,(H2,21,26)/t17-/m1/s1. The third kappa shape index (κ3) is 4.17. The molecule has 1 atom stereocenters. The van der Waals surface area contributed by atoms with Crippen LogP contribution in [-0.2, 0) is 11.3 Å². The van der Waals surface area contributed by atoms with Crippen molar-refractivity contribution in [1.29, 1.82) is 0 Å². The topological polar surface area (TPSA) is 93.7 Å². The van der Waals surface area contributed by atoms with Crippen LogP contribution in [0.5, 0.6) is 5.75 Å². The molecule has 2 heterocycles. The second-order valence-electron chi connectivity index (χ2n) is 7.23. The largest absolute Gasteiger partial charge is 0.496 e. The van der Waals surface area contributed by atoms with E-state index in [9.17, 15) is 9.59 Å². The fraction of sp³-hybridized carbons (Fsp3) is 0.450. The van der Waals surface area contributed by atoms with Gasteiger partial charge in [-0.15, -0.1) is 0 Å². The van der Waals surface area contributed by atoms with Crippen LogP contribution in [0.1, 0.15) is 29.8 Å². The molecule has 2 amide bonds. The van der Waals surface area contributed by atoms with Gasteiger partial charge >= 0.3 is 0 Å². The van der Waals surface area contributed by atoms with Gasteiger partial charge in [0.1, 0.15) is 11.8 Å². The SMILES string of the molecule is COc1ccc(C(=O)N2CCN(C(C)C)[C@@H](C(N)=O)C2)cc1Cn1cccn1. The molecule has 0 radical (unpaired) electrons. The highest BCUT2D eigenvalue weighted by Gasteiger charge is 2.34. The molecule has 28 heavy (non-hydrogen) atoms. The normalized spacial score (nSPS) is 17.7. The highest BCUT2D eigenvalue weighted by Crippen LogP contribution is 2.23. The first-order chi connectivity index (χ1) is 13.4. The zero-order chi connectivity index (χ0) is 20.3. The molecule has 0 aliphatic carbocycles. The Labute approximate surface area is 164 Å². The number of carbonyl (C=O) groups excluding carboxylic acids is 2. The minimum Gasteiger partial charge on any atom is -0.496 e. The van der Waals surface area contributed by atoms with Gasteiger partial charge in [-0.2, -0.15) is 5.10 Å². The number of carbonyl (C=O) groups is 2. The van der Waals surface area contributed by atoms with Gasteiger partial charge in [0.05, 0.1) is 13.7 Å². The van der Waals surface area contributed by atoms with Crippen LogP contribution in [-0.4, -0.2) is 70.2 Å². The number of primary amides is 1. The zero-order valence-electron chi connectivity index (χ0n) is 16.5. The van der Waals surface area contributed by atoms with Crippen molar-refractivity contribution in [2.45, 2.75) is 32.5 Å². The fourth-order valence-electron chi connectivity index (χ4n) is 3.64. The highest BCUT2D eigenvalue weighted by molar-refractivity contribution is 5.95. The number of hydrogen-bond donors (Lipinski definition) is 1. The lowest BCUT2D eigenvalue weighted by atomic mass is 10.1. The second-order valence-corrected chi connectivity index (χ2v) is 7.23. The van der Waals surface area contributed by atoms with Gasteiger partial charge in [0.25, 0.3) is 5.91 Å². The van der Waals surface area contributed by atoms with Crippen LogP contribution in [0.3, 0.4) is 0 Å². The number of hydrogen-bond acceptors (Lipinski definition) is 5. The smallest absolute Gasteiger partial charge is 0.253 e. The van der Waals surface area contributed by atoms with Crippen molar-refractivity contribution >= 4 is 11.8 Å². The van der Waals surface area contributed by atoms with Crippen molar-refractivity contribution in [2.24, 2.45) is 5.73 Å². The molecular formula is C20H27N5O3. The van der Waals surface area contributed by atoms with Crippen molar-refractivity contribution in [3.05, 3.63) is 47.8 Å². The van der Waals surface area contributed by atoms with E-state index in [2.05, 4.69) is 5.10 Å². The molecule has 1 aliphatic heterocycles. The number of nitrogens with two attached hydrogens (primary N) is 1. The summed E-state index contributed by atoms with van der Waals surface area (Å²) in [5.41, 5.74) is 7.01. The van der Waals surface area contributed by atoms with Crippen LogP contribution < -0.4 is 10.5 Å². The average molecular weight is 385 g/mol. The number of piperazine rings is 1. The summed E-state index contributed by atoms with van der Waals surface area (Å²) in [4.78, 5) is 28.7.